The topological polar surface area (TPSA) is 75.6 Å². The van der Waals surface area contributed by atoms with Crippen molar-refractivity contribution in [1.82, 2.24) is 5.32 Å². The van der Waals surface area contributed by atoms with Crippen molar-refractivity contribution in [2.75, 3.05) is 13.7 Å². The van der Waals surface area contributed by atoms with Crippen LogP contribution in [0, 0.1) is 5.41 Å². The molecule has 5 nitrogen and oxygen atoms in total. The summed E-state index contributed by atoms with van der Waals surface area (Å²) >= 11 is 0. The standard InChI is InChI=1S/C15H27NO4/c1-3-12(11-20-2)16-13(17)9-15(10-14(18)19)7-5-4-6-8-15/h12H,3-11H2,1-2H3,(H,16,17)(H,18,19). The summed E-state index contributed by atoms with van der Waals surface area (Å²) in [7, 11) is 1.61. The first-order valence-electron chi connectivity index (χ1n) is 7.51. The Kier molecular flexibility index (Phi) is 6.99. The van der Waals surface area contributed by atoms with E-state index in [0.717, 1.165) is 38.5 Å². The van der Waals surface area contributed by atoms with E-state index >= 15 is 0 Å². The van der Waals surface area contributed by atoms with Gasteiger partial charge in [0, 0.05) is 13.5 Å². The molecule has 1 rings (SSSR count). The first-order valence-corrected chi connectivity index (χ1v) is 7.51. The average molecular weight is 285 g/mol. The van der Waals surface area contributed by atoms with Gasteiger partial charge in [0.1, 0.15) is 0 Å². The van der Waals surface area contributed by atoms with Crippen LogP contribution in [0.5, 0.6) is 0 Å². The van der Waals surface area contributed by atoms with Gasteiger partial charge < -0.3 is 15.2 Å². The highest BCUT2D eigenvalue weighted by Crippen LogP contribution is 2.42. The van der Waals surface area contributed by atoms with Crippen LogP contribution in [0.1, 0.15) is 58.3 Å². The summed E-state index contributed by atoms with van der Waals surface area (Å²) in [5, 5.41) is 12.1. The van der Waals surface area contributed by atoms with Crippen molar-refractivity contribution in [3.05, 3.63) is 0 Å². The molecule has 0 aromatic rings. The fraction of sp³-hybridized carbons (Fsp3) is 0.867. The maximum Gasteiger partial charge on any atom is 0.303 e. The van der Waals surface area contributed by atoms with E-state index in [1.54, 1.807) is 7.11 Å². The largest absolute Gasteiger partial charge is 0.481 e. The maximum absolute atomic E-state index is 12.2. The number of rotatable bonds is 8. The smallest absolute Gasteiger partial charge is 0.303 e. The fourth-order valence-corrected chi connectivity index (χ4v) is 3.12. The van der Waals surface area contributed by atoms with Crippen LogP contribution in [0.4, 0.5) is 0 Å². The van der Waals surface area contributed by atoms with E-state index in [0.29, 0.717) is 13.0 Å². The number of carbonyl (C=O) groups excluding carboxylic acids is 1. The predicted octanol–water partition coefficient (Wildman–Crippen LogP) is 2.34. The van der Waals surface area contributed by atoms with Crippen LogP contribution in [-0.4, -0.2) is 36.7 Å². The van der Waals surface area contributed by atoms with Gasteiger partial charge in [0.15, 0.2) is 0 Å². The molecule has 0 aromatic heterocycles. The minimum absolute atomic E-state index is 0.0120. The molecule has 0 saturated heterocycles. The molecule has 0 radical (unpaired) electrons. The van der Waals surface area contributed by atoms with Gasteiger partial charge in [-0.1, -0.05) is 26.2 Å². The van der Waals surface area contributed by atoms with Gasteiger partial charge in [-0.15, -0.1) is 0 Å². The Labute approximate surface area is 121 Å². The number of nitrogens with one attached hydrogen (secondary N) is 1. The average Bonchev–Trinajstić information content (AvgIpc) is 2.37. The maximum atomic E-state index is 12.2. The van der Waals surface area contributed by atoms with Gasteiger partial charge in [-0.05, 0) is 24.7 Å². The molecule has 20 heavy (non-hydrogen) atoms. The molecule has 5 heteroatoms. The van der Waals surface area contributed by atoms with Crippen LogP contribution in [0.3, 0.4) is 0 Å². The SMILES string of the molecule is CCC(COC)NC(=O)CC1(CC(=O)O)CCCCC1. The molecule has 1 aliphatic carbocycles. The van der Waals surface area contributed by atoms with Gasteiger partial charge in [0.2, 0.25) is 5.91 Å². The molecule has 0 bridgehead atoms. The van der Waals surface area contributed by atoms with Crippen molar-refractivity contribution in [3.8, 4) is 0 Å². The molecule has 2 N–H and O–H groups in total. The molecule has 1 atom stereocenters. The number of carbonyl (C=O) groups is 2. The van der Waals surface area contributed by atoms with Crippen LogP contribution in [-0.2, 0) is 14.3 Å². The molecular formula is C15H27NO4. The minimum Gasteiger partial charge on any atom is -0.481 e. The summed E-state index contributed by atoms with van der Waals surface area (Å²) in [6.45, 7) is 2.49. The molecule has 1 unspecified atom stereocenters. The normalized spacial score (nSPS) is 19.3. The van der Waals surface area contributed by atoms with Gasteiger partial charge in [-0.25, -0.2) is 0 Å². The quantitative estimate of drug-likeness (QED) is 0.717. The Balaban J connectivity index is 2.59. The number of ether oxygens (including phenoxy) is 1. The monoisotopic (exact) mass is 285 g/mol. The highest BCUT2D eigenvalue weighted by atomic mass is 16.5. The summed E-state index contributed by atoms with van der Waals surface area (Å²) in [6.07, 6.45) is 6.10. The Morgan fingerprint density at radius 3 is 2.40 bits per heavy atom. The Bertz CT molecular complexity index is 324. The number of carboxylic acid groups (broad SMARTS) is 1. The third-order valence-electron chi connectivity index (χ3n) is 4.20. The molecule has 1 amide bonds. The molecule has 1 saturated carbocycles. The third-order valence-corrected chi connectivity index (χ3v) is 4.20. The van der Waals surface area contributed by atoms with E-state index in [2.05, 4.69) is 5.32 Å². The molecule has 1 aliphatic rings. The van der Waals surface area contributed by atoms with Gasteiger partial charge in [0.25, 0.3) is 0 Å². The van der Waals surface area contributed by atoms with Crippen LogP contribution < -0.4 is 5.32 Å². The lowest BCUT2D eigenvalue weighted by Gasteiger charge is -2.36. The van der Waals surface area contributed by atoms with Crippen LogP contribution in [0.15, 0.2) is 0 Å². The molecule has 0 aromatic carbocycles. The zero-order chi connectivity index (χ0) is 15.0. The molecule has 116 valence electrons. The first kappa shape index (κ1) is 17.0. The zero-order valence-corrected chi connectivity index (χ0v) is 12.6. The summed E-state index contributed by atoms with van der Waals surface area (Å²) in [5.41, 5.74) is -0.348. The molecule has 1 fully saturated rings. The summed E-state index contributed by atoms with van der Waals surface area (Å²) < 4.78 is 5.07. The van der Waals surface area contributed by atoms with Crippen molar-refractivity contribution < 1.29 is 19.4 Å². The second kappa shape index (κ2) is 8.25. The predicted molar refractivity (Wildman–Crippen MR) is 76.5 cm³/mol. The first-order chi connectivity index (χ1) is 9.51. The van der Waals surface area contributed by atoms with Gasteiger partial charge in [0.05, 0.1) is 19.1 Å². The van der Waals surface area contributed by atoms with Crippen molar-refractivity contribution in [2.45, 2.75) is 64.3 Å². The number of methoxy groups -OCH3 is 1. The van der Waals surface area contributed by atoms with Crippen molar-refractivity contribution in [1.29, 1.82) is 0 Å². The van der Waals surface area contributed by atoms with E-state index < -0.39 is 5.97 Å². The van der Waals surface area contributed by atoms with Gasteiger partial charge >= 0.3 is 5.97 Å². The molecule has 0 heterocycles. The highest BCUT2D eigenvalue weighted by molar-refractivity contribution is 5.78. The van der Waals surface area contributed by atoms with Crippen molar-refractivity contribution in [3.63, 3.8) is 0 Å². The Morgan fingerprint density at radius 1 is 1.25 bits per heavy atom. The third kappa shape index (κ3) is 5.49. The summed E-state index contributed by atoms with van der Waals surface area (Å²) in [4.78, 5) is 23.3. The lowest BCUT2D eigenvalue weighted by atomic mass is 9.69. The molecule has 0 aliphatic heterocycles. The van der Waals surface area contributed by atoms with Crippen LogP contribution >= 0.6 is 0 Å². The fourth-order valence-electron chi connectivity index (χ4n) is 3.12. The lowest BCUT2D eigenvalue weighted by molar-refractivity contribution is -0.141. The minimum atomic E-state index is -0.802. The zero-order valence-electron chi connectivity index (χ0n) is 12.6. The number of hydrogen-bond acceptors (Lipinski definition) is 3. The molecule has 0 spiro atoms. The number of carboxylic acids is 1. The second-order valence-electron chi connectivity index (χ2n) is 5.94. The number of amides is 1. The Morgan fingerprint density at radius 2 is 1.90 bits per heavy atom. The number of hydrogen-bond donors (Lipinski definition) is 2. The highest BCUT2D eigenvalue weighted by Gasteiger charge is 2.36. The van der Waals surface area contributed by atoms with Crippen LogP contribution in [0.25, 0.3) is 0 Å². The summed E-state index contributed by atoms with van der Waals surface area (Å²) in [6, 6.07) is 0.0120. The Hall–Kier alpha value is -1.10. The van der Waals surface area contributed by atoms with E-state index in [4.69, 9.17) is 9.84 Å². The van der Waals surface area contributed by atoms with Crippen molar-refractivity contribution in [2.24, 2.45) is 5.41 Å². The van der Waals surface area contributed by atoms with Crippen molar-refractivity contribution >= 4 is 11.9 Å². The van der Waals surface area contributed by atoms with Crippen LogP contribution in [0.2, 0.25) is 0 Å². The second-order valence-corrected chi connectivity index (χ2v) is 5.94. The van der Waals surface area contributed by atoms with Gasteiger partial charge in [-0.2, -0.15) is 0 Å². The number of aliphatic carboxylic acids is 1. The molecular weight excluding hydrogens is 258 g/mol. The van der Waals surface area contributed by atoms with Gasteiger partial charge in [-0.3, -0.25) is 9.59 Å². The summed E-state index contributed by atoms with van der Waals surface area (Å²) in [5.74, 6) is -0.847. The van der Waals surface area contributed by atoms with E-state index in [1.165, 1.54) is 0 Å². The van der Waals surface area contributed by atoms with E-state index in [-0.39, 0.29) is 23.8 Å². The lowest BCUT2D eigenvalue weighted by Crippen LogP contribution is -2.41. The van der Waals surface area contributed by atoms with E-state index in [1.807, 2.05) is 6.92 Å². The van der Waals surface area contributed by atoms with E-state index in [9.17, 15) is 9.59 Å².